The first-order chi connectivity index (χ1) is 5.24. The predicted molar refractivity (Wildman–Crippen MR) is 40.0 cm³/mol. The maximum atomic E-state index is 10.5. The van der Waals surface area contributed by atoms with Gasteiger partial charge in [-0.2, -0.15) is 0 Å². The van der Waals surface area contributed by atoms with Crippen LogP contribution in [0.3, 0.4) is 0 Å². The van der Waals surface area contributed by atoms with Crippen LogP contribution in [0.15, 0.2) is 16.9 Å². The van der Waals surface area contributed by atoms with E-state index in [1.54, 1.807) is 0 Å². The van der Waals surface area contributed by atoms with E-state index < -0.39 is 5.97 Å². The van der Waals surface area contributed by atoms with Gasteiger partial charge in [-0.1, -0.05) is 5.11 Å². The van der Waals surface area contributed by atoms with Crippen LogP contribution in [0.5, 0.6) is 0 Å². The van der Waals surface area contributed by atoms with E-state index in [-0.39, 0.29) is 11.6 Å². The molecule has 0 aliphatic rings. The minimum atomic E-state index is -0.590. The Morgan fingerprint density at radius 2 is 2.55 bits per heavy atom. The average Bonchev–Trinajstić information content (AvgIpc) is 2.03. The van der Waals surface area contributed by atoms with Gasteiger partial charge >= 0.3 is 5.97 Å². The summed E-state index contributed by atoms with van der Waals surface area (Å²) in [5.41, 5.74) is 8.10. The van der Waals surface area contributed by atoms with Crippen molar-refractivity contribution in [3.8, 4) is 0 Å². The third-order valence-corrected chi connectivity index (χ3v) is 1.07. The smallest absolute Gasteiger partial charge is 0.330 e. The van der Waals surface area contributed by atoms with Crippen molar-refractivity contribution in [3.63, 3.8) is 0 Å². The second-order valence-corrected chi connectivity index (χ2v) is 1.75. The van der Waals surface area contributed by atoms with Crippen LogP contribution in [0, 0.1) is 0 Å². The van der Waals surface area contributed by atoms with Crippen molar-refractivity contribution in [1.82, 2.24) is 0 Å². The molecule has 0 bridgehead atoms. The summed E-state index contributed by atoms with van der Waals surface area (Å²) >= 11 is 5.31. The molecule has 6 heteroatoms. The number of nitrogens with zero attached hydrogens (tertiary/aromatic N) is 3. The second-order valence-electron chi connectivity index (χ2n) is 1.48. The van der Waals surface area contributed by atoms with E-state index >= 15 is 0 Å². The van der Waals surface area contributed by atoms with E-state index in [1.807, 2.05) is 0 Å². The van der Waals surface area contributed by atoms with Crippen LogP contribution in [-0.4, -0.2) is 19.0 Å². The Labute approximate surface area is 68.2 Å². The Kier molecular flexibility index (Phi) is 4.98. The number of halogens is 1. The first-order valence-electron chi connectivity index (χ1n) is 2.64. The fraction of sp³-hybridized carbons (Fsp3) is 0.400. The van der Waals surface area contributed by atoms with Gasteiger partial charge in [-0.15, -0.1) is 11.6 Å². The van der Waals surface area contributed by atoms with E-state index in [0.717, 1.165) is 6.08 Å². The Balaban J connectivity index is 4.34. The molecule has 5 nitrogen and oxygen atoms in total. The summed E-state index contributed by atoms with van der Waals surface area (Å²) in [5.74, 6) is -0.604. The molecule has 0 heterocycles. The van der Waals surface area contributed by atoms with Crippen LogP contribution < -0.4 is 0 Å². The van der Waals surface area contributed by atoms with Gasteiger partial charge in [0.25, 0.3) is 0 Å². The summed E-state index contributed by atoms with van der Waals surface area (Å²) in [7, 11) is 1.22. The molecule has 0 unspecified atom stereocenters. The number of carbonyl (C=O) groups excluding carboxylic acids is 1. The Morgan fingerprint density at radius 1 is 1.91 bits per heavy atom. The molecule has 0 radical (unpaired) electrons. The molecule has 0 spiro atoms. The van der Waals surface area contributed by atoms with Crippen LogP contribution in [0.1, 0.15) is 0 Å². The highest BCUT2D eigenvalue weighted by Gasteiger charge is 1.96. The van der Waals surface area contributed by atoms with Gasteiger partial charge in [-0.05, 0) is 5.53 Å². The molecule has 0 aromatic rings. The average molecular weight is 176 g/mol. The van der Waals surface area contributed by atoms with Crippen molar-refractivity contribution in [3.05, 3.63) is 22.2 Å². The lowest BCUT2D eigenvalue weighted by atomic mass is 10.4. The minimum Gasteiger partial charge on any atom is -0.466 e. The zero-order valence-electron chi connectivity index (χ0n) is 5.82. The van der Waals surface area contributed by atoms with Crippen LogP contribution in [0.4, 0.5) is 0 Å². The zero-order chi connectivity index (χ0) is 8.69. The highest BCUT2D eigenvalue weighted by atomic mass is 35.5. The standard InChI is InChI=1S/C5H6ClN3O2/c1-11-5(10)2-4(3-6)8-9-7/h2H,3H2,1H3/b4-2+. The van der Waals surface area contributed by atoms with Gasteiger partial charge < -0.3 is 4.74 Å². The molecule has 0 aliphatic heterocycles. The van der Waals surface area contributed by atoms with Gasteiger partial charge in [0.15, 0.2) is 0 Å². The number of hydrogen-bond acceptors (Lipinski definition) is 3. The molecule has 0 aliphatic carbocycles. The number of esters is 1. The minimum absolute atomic E-state index is 0.0147. The molecule has 0 saturated heterocycles. The van der Waals surface area contributed by atoms with Crippen molar-refractivity contribution in [2.45, 2.75) is 0 Å². The van der Waals surface area contributed by atoms with Crippen LogP contribution >= 0.6 is 11.6 Å². The topological polar surface area (TPSA) is 75.1 Å². The highest BCUT2D eigenvalue weighted by molar-refractivity contribution is 6.19. The first kappa shape index (κ1) is 9.81. The Bertz CT molecular complexity index is 220. The van der Waals surface area contributed by atoms with E-state index in [1.165, 1.54) is 7.11 Å². The fourth-order valence-corrected chi connectivity index (χ4v) is 0.477. The zero-order valence-corrected chi connectivity index (χ0v) is 6.58. The second kappa shape index (κ2) is 5.58. The fourth-order valence-electron chi connectivity index (χ4n) is 0.347. The number of allylic oxidation sites excluding steroid dienone is 1. The monoisotopic (exact) mass is 175 g/mol. The van der Waals surface area contributed by atoms with Gasteiger partial charge in [0.2, 0.25) is 0 Å². The van der Waals surface area contributed by atoms with Crippen molar-refractivity contribution in [2.24, 2.45) is 5.11 Å². The van der Waals surface area contributed by atoms with Crippen LogP contribution in [0.2, 0.25) is 0 Å². The molecule has 0 saturated carbocycles. The van der Waals surface area contributed by atoms with E-state index in [0.29, 0.717) is 0 Å². The van der Waals surface area contributed by atoms with E-state index in [4.69, 9.17) is 17.1 Å². The maximum absolute atomic E-state index is 10.5. The number of alkyl halides is 1. The Hall–Kier alpha value is -1.19. The summed E-state index contributed by atoms with van der Waals surface area (Å²) < 4.78 is 4.27. The third-order valence-electron chi connectivity index (χ3n) is 0.796. The summed E-state index contributed by atoms with van der Waals surface area (Å²) in [6, 6.07) is 0. The molecule has 0 rings (SSSR count). The SMILES string of the molecule is COC(=O)/C=C(\CCl)N=[N+]=[N-]. The molecule has 0 aromatic carbocycles. The van der Waals surface area contributed by atoms with Gasteiger partial charge in [0, 0.05) is 16.7 Å². The summed E-state index contributed by atoms with van der Waals surface area (Å²) in [4.78, 5) is 13.0. The van der Waals surface area contributed by atoms with Crippen molar-refractivity contribution < 1.29 is 9.53 Å². The van der Waals surface area contributed by atoms with E-state index in [9.17, 15) is 4.79 Å². The maximum Gasteiger partial charge on any atom is 0.330 e. The molecule has 0 fully saturated rings. The lowest BCUT2D eigenvalue weighted by Gasteiger charge is -1.92. The van der Waals surface area contributed by atoms with Crippen LogP contribution in [-0.2, 0) is 9.53 Å². The quantitative estimate of drug-likeness (QED) is 0.163. The molecule has 0 atom stereocenters. The van der Waals surface area contributed by atoms with Crippen LogP contribution in [0.25, 0.3) is 10.4 Å². The number of rotatable bonds is 3. The lowest BCUT2D eigenvalue weighted by Crippen LogP contribution is -1.96. The van der Waals surface area contributed by atoms with Crippen molar-refractivity contribution in [1.29, 1.82) is 0 Å². The number of hydrogen-bond donors (Lipinski definition) is 0. The predicted octanol–water partition coefficient (Wildman–Crippen LogP) is 1.59. The summed E-state index contributed by atoms with van der Waals surface area (Å²) in [6.07, 6.45) is 1.03. The normalized spacial score (nSPS) is 10.2. The number of carbonyl (C=O) groups is 1. The third kappa shape index (κ3) is 4.25. The van der Waals surface area contributed by atoms with Gasteiger partial charge in [-0.25, -0.2) is 4.79 Å². The molecule has 0 N–H and O–H groups in total. The van der Waals surface area contributed by atoms with Crippen molar-refractivity contribution >= 4 is 17.6 Å². The van der Waals surface area contributed by atoms with Gasteiger partial charge in [-0.3, -0.25) is 0 Å². The molecule has 0 aromatic heterocycles. The van der Waals surface area contributed by atoms with Crippen molar-refractivity contribution in [2.75, 3.05) is 13.0 Å². The number of azide groups is 1. The summed E-state index contributed by atoms with van der Waals surface area (Å²) in [5, 5.41) is 3.14. The number of ether oxygens (including phenoxy) is 1. The largest absolute Gasteiger partial charge is 0.466 e. The molecule has 11 heavy (non-hydrogen) atoms. The number of methoxy groups -OCH3 is 1. The van der Waals surface area contributed by atoms with Gasteiger partial charge in [0.05, 0.1) is 13.0 Å². The van der Waals surface area contributed by atoms with Gasteiger partial charge in [0.1, 0.15) is 0 Å². The highest BCUT2D eigenvalue weighted by Crippen LogP contribution is 2.00. The Morgan fingerprint density at radius 3 is 2.91 bits per heavy atom. The first-order valence-corrected chi connectivity index (χ1v) is 3.17. The lowest BCUT2D eigenvalue weighted by molar-refractivity contribution is -0.134. The summed E-state index contributed by atoms with van der Waals surface area (Å²) in [6.45, 7) is 0. The molecular formula is C5H6ClN3O2. The molecule has 60 valence electrons. The molecular weight excluding hydrogens is 170 g/mol. The molecule has 0 amide bonds. The van der Waals surface area contributed by atoms with E-state index in [2.05, 4.69) is 14.8 Å².